The van der Waals surface area contributed by atoms with Crippen molar-refractivity contribution in [2.75, 3.05) is 18.7 Å². The summed E-state index contributed by atoms with van der Waals surface area (Å²) in [5, 5.41) is 9.60. The summed E-state index contributed by atoms with van der Waals surface area (Å²) in [6.45, 7) is -0.762. The summed E-state index contributed by atoms with van der Waals surface area (Å²) in [5.74, 6) is -2.86. The highest BCUT2D eigenvalue weighted by molar-refractivity contribution is 7.74. The third-order valence-corrected chi connectivity index (χ3v) is 3.14. The van der Waals surface area contributed by atoms with Crippen molar-refractivity contribution in [3.05, 3.63) is 29.3 Å². The van der Waals surface area contributed by atoms with E-state index in [1.165, 1.54) is 25.2 Å². The number of imide groups is 1. The van der Waals surface area contributed by atoms with E-state index < -0.39 is 35.7 Å². The van der Waals surface area contributed by atoms with Gasteiger partial charge in [0.2, 0.25) is 0 Å². The Kier molecular flexibility index (Phi) is 4.02. The lowest BCUT2D eigenvalue weighted by Crippen LogP contribution is -2.35. The van der Waals surface area contributed by atoms with Gasteiger partial charge in [0, 0.05) is 7.05 Å². The molecule has 1 aromatic carbocycles. The van der Waals surface area contributed by atoms with Crippen LogP contribution in [-0.2, 0) is 20.4 Å². The molecule has 9 nitrogen and oxygen atoms in total. The number of hydroxylamine groups is 1. The van der Waals surface area contributed by atoms with Gasteiger partial charge in [0.1, 0.15) is 6.54 Å². The molecule has 0 bridgehead atoms. The third-order valence-electron chi connectivity index (χ3n) is 2.79. The second-order valence-electron chi connectivity index (χ2n) is 4.08. The number of nitrogens with zero attached hydrogens (tertiary/aromatic N) is 2. The fourth-order valence-corrected chi connectivity index (χ4v) is 2.26. The Morgan fingerprint density at radius 2 is 2.05 bits per heavy atom. The molecule has 1 aliphatic rings. The Bertz CT molecular complexity index is 660. The maximum atomic E-state index is 12.2. The number of anilines is 1. The Morgan fingerprint density at radius 3 is 2.62 bits per heavy atom. The SMILES string of the molecule is CN(OS(=O)O)c1cccc2c1C(=O)N(CC(=O)O)C2=O. The normalized spacial score (nSPS) is 15.0. The number of benzene rings is 1. The number of carbonyl (C=O) groups is 3. The first-order chi connectivity index (χ1) is 9.82. The summed E-state index contributed by atoms with van der Waals surface area (Å²) >= 11 is -2.61. The zero-order chi connectivity index (χ0) is 15.7. The van der Waals surface area contributed by atoms with Crippen LogP contribution in [-0.4, -0.2) is 50.1 Å². The summed E-state index contributed by atoms with van der Waals surface area (Å²) < 4.78 is 23.9. The fraction of sp³-hybridized carbons (Fsp3) is 0.182. The maximum absolute atomic E-state index is 12.2. The number of aliphatic carboxylic acids is 1. The van der Waals surface area contributed by atoms with Crippen molar-refractivity contribution in [3.8, 4) is 0 Å². The Hall–Kier alpha value is -2.30. The van der Waals surface area contributed by atoms with E-state index in [1.54, 1.807) is 0 Å². The summed E-state index contributed by atoms with van der Waals surface area (Å²) in [6.07, 6.45) is 0. The molecule has 0 aliphatic carbocycles. The van der Waals surface area contributed by atoms with Crippen LogP contribution in [0.15, 0.2) is 18.2 Å². The molecule has 1 atom stereocenters. The van der Waals surface area contributed by atoms with E-state index >= 15 is 0 Å². The number of hydrogen-bond donors (Lipinski definition) is 2. The van der Waals surface area contributed by atoms with Crippen molar-refractivity contribution < 1.29 is 32.5 Å². The van der Waals surface area contributed by atoms with E-state index in [0.717, 1.165) is 5.06 Å². The molecular weight excluding hydrogens is 304 g/mol. The number of hydrogen-bond acceptors (Lipinski definition) is 6. The Morgan fingerprint density at radius 1 is 1.38 bits per heavy atom. The van der Waals surface area contributed by atoms with Crippen LogP contribution in [0.5, 0.6) is 0 Å². The number of carboxylic acids is 1. The summed E-state index contributed by atoms with van der Waals surface area (Å²) in [4.78, 5) is 35.5. The first-order valence-electron chi connectivity index (χ1n) is 5.57. The summed E-state index contributed by atoms with van der Waals surface area (Å²) in [5.41, 5.74) is 0.0239. The molecule has 10 heteroatoms. The van der Waals surface area contributed by atoms with E-state index in [9.17, 15) is 18.6 Å². The molecule has 1 heterocycles. The molecule has 0 fully saturated rings. The Labute approximate surface area is 121 Å². The molecule has 0 spiro atoms. The molecule has 21 heavy (non-hydrogen) atoms. The van der Waals surface area contributed by atoms with Crippen molar-refractivity contribution in [3.63, 3.8) is 0 Å². The second-order valence-corrected chi connectivity index (χ2v) is 4.66. The van der Waals surface area contributed by atoms with Crippen LogP contribution in [0.4, 0.5) is 5.69 Å². The van der Waals surface area contributed by atoms with Crippen molar-refractivity contribution >= 4 is 34.8 Å². The summed E-state index contributed by atoms with van der Waals surface area (Å²) in [7, 11) is 1.28. The molecule has 2 N–H and O–H groups in total. The minimum Gasteiger partial charge on any atom is -0.480 e. The van der Waals surface area contributed by atoms with E-state index in [2.05, 4.69) is 4.28 Å². The lowest BCUT2D eigenvalue weighted by molar-refractivity contribution is -0.137. The van der Waals surface area contributed by atoms with Crippen molar-refractivity contribution in [1.82, 2.24) is 4.90 Å². The minimum absolute atomic E-state index is 0.0120. The van der Waals surface area contributed by atoms with Gasteiger partial charge < -0.3 is 5.11 Å². The highest BCUT2D eigenvalue weighted by Gasteiger charge is 2.39. The van der Waals surface area contributed by atoms with Gasteiger partial charge in [0.25, 0.3) is 11.8 Å². The van der Waals surface area contributed by atoms with Crippen molar-refractivity contribution in [2.45, 2.75) is 0 Å². The standard InChI is InChI=1S/C11H10N2O7S/c1-12(20-21(18)19)7-4-2-3-6-9(7)11(17)13(10(6)16)5-8(14)15/h2-4H,5H2,1H3,(H,14,15)(H,18,19). The molecule has 2 rings (SSSR count). The van der Waals surface area contributed by atoms with Crippen LogP contribution in [0.2, 0.25) is 0 Å². The van der Waals surface area contributed by atoms with Crippen LogP contribution in [0, 0.1) is 0 Å². The predicted octanol–water partition coefficient (Wildman–Crippen LogP) is -0.128. The minimum atomic E-state index is -2.61. The lowest BCUT2D eigenvalue weighted by Gasteiger charge is -2.17. The van der Waals surface area contributed by atoms with Gasteiger partial charge >= 0.3 is 17.3 Å². The van der Waals surface area contributed by atoms with Gasteiger partial charge in [0.15, 0.2) is 0 Å². The topological polar surface area (TPSA) is 124 Å². The molecule has 0 radical (unpaired) electrons. The van der Waals surface area contributed by atoms with Crippen LogP contribution < -0.4 is 5.06 Å². The molecule has 1 aromatic rings. The van der Waals surface area contributed by atoms with E-state index in [-0.39, 0.29) is 16.8 Å². The van der Waals surface area contributed by atoms with Gasteiger partial charge in [-0.2, -0.15) is 4.21 Å². The van der Waals surface area contributed by atoms with E-state index in [4.69, 9.17) is 9.66 Å². The van der Waals surface area contributed by atoms with Gasteiger partial charge in [-0.05, 0) is 12.1 Å². The third kappa shape index (κ3) is 2.77. The van der Waals surface area contributed by atoms with Crippen LogP contribution in [0.1, 0.15) is 20.7 Å². The highest BCUT2D eigenvalue weighted by Crippen LogP contribution is 2.31. The largest absolute Gasteiger partial charge is 0.480 e. The number of amides is 2. The second kappa shape index (κ2) is 5.60. The smallest absolute Gasteiger partial charge is 0.325 e. The molecule has 2 amide bonds. The zero-order valence-electron chi connectivity index (χ0n) is 10.7. The molecule has 0 saturated carbocycles. The van der Waals surface area contributed by atoms with Gasteiger partial charge in [-0.15, -0.1) is 4.28 Å². The van der Waals surface area contributed by atoms with Crippen LogP contribution >= 0.6 is 0 Å². The number of fused-ring (bicyclic) bond motifs is 1. The molecule has 1 unspecified atom stereocenters. The Balaban J connectivity index is 2.45. The van der Waals surface area contributed by atoms with Crippen molar-refractivity contribution in [2.24, 2.45) is 0 Å². The average molecular weight is 314 g/mol. The van der Waals surface area contributed by atoms with Gasteiger partial charge in [-0.25, -0.2) is 5.06 Å². The first kappa shape index (κ1) is 15.1. The molecule has 1 aliphatic heterocycles. The maximum Gasteiger partial charge on any atom is 0.325 e. The summed E-state index contributed by atoms with van der Waals surface area (Å²) in [6, 6.07) is 4.22. The van der Waals surface area contributed by atoms with Gasteiger partial charge in [-0.3, -0.25) is 23.8 Å². The zero-order valence-corrected chi connectivity index (χ0v) is 11.5. The molecule has 112 valence electrons. The molecule has 0 aromatic heterocycles. The van der Waals surface area contributed by atoms with Crippen LogP contribution in [0.3, 0.4) is 0 Å². The molecule has 0 saturated heterocycles. The lowest BCUT2D eigenvalue weighted by atomic mass is 10.1. The van der Waals surface area contributed by atoms with Gasteiger partial charge in [0.05, 0.1) is 16.8 Å². The molecular formula is C11H10N2O7S. The fourth-order valence-electron chi connectivity index (χ4n) is 1.99. The monoisotopic (exact) mass is 314 g/mol. The highest BCUT2D eigenvalue weighted by atomic mass is 32.2. The van der Waals surface area contributed by atoms with Crippen molar-refractivity contribution in [1.29, 1.82) is 0 Å². The first-order valence-corrected chi connectivity index (χ1v) is 6.60. The van der Waals surface area contributed by atoms with E-state index in [0.29, 0.717) is 4.90 Å². The number of carboxylic acid groups (broad SMARTS) is 1. The number of carbonyl (C=O) groups excluding carboxylic acids is 2. The predicted molar refractivity (Wildman–Crippen MR) is 69.7 cm³/mol. The quantitative estimate of drug-likeness (QED) is 0.437. The van der Waals surface area contributed by atoms with Crippen LogP contribution in [0.25, 0.3) is 0 Å². The van der Waals surface area contributed by atoms with Gasteiger partial charge in [-0.1, -0.05) is 6.07 Å². The average Bonchev–Trinajstić information content (AvgIpc) is 2.63. The van der Waals surface area contributed by atoms with E-state index in [1.807, 2.05) is 0 Å². The number of rotatable bonds is 5.